The van der Waals surface area contributed by atoms with Crippen LogP contribution in [0.15, 0.2) is 34.7 Å². The minimum atomic E-state index is -1.19. The number of carbonyl (C=O) groups is 5. The highest BCUT2D eigenvalue weighted by Gasteiger charge is 2.30. The molecule has 4 amide bonds. The van der Waals surface area contributed by atoms with Crippen LogP contribution in [0.4, 0.5) is 0 Å². The molecule has 0 saturated carbocycles. The van der Waals surface area contributed by atoms with Gasteiger partial charge in [0.15, 0.2) is 5.76 Å². The van der Waals surface area contributed by atoms with Crippen LogP contribution in [0.3, 0.4) is 0 Å². The zero-order valence-electron chi connectivity index (χ0n) is 23.5. The van der Waals surface area contributed by atoms with E-state index in [0.29, 0.717) is 35.8 Å². The first kappa shape index (κ1) is 32.8. The van der Waals surface area contributed by atoms with Crippen LogP contribution in [0.5, 0.6) is 5.75 Å². The van der Waals surface area contributed by atoms with E-state index >= 15 is 0 Å². The highest BCUT2D eigenvalue weighted by atomic mass is 16.5. The molecule has 2 aromatic rings. The molecule has 0 fully saturated rings. The van der Waals surface area contributed by atoms with Gasteiger partial charge in [-0.25, -0.2) is 5.06 Å². The number of carboxylic acids is 1. The number of aliphatic carboxylic acids is 1. The Labute approximate surface area is 238 Å². The van der Waals surface area contributed by atoms with Gasteiger partial charge in [-0.05, 0) is 50.1 Å². The molecular formula is C28H38N4O9. The lowest BCUT2D eigenvalue weighted by molar-refractivity contribution is -0.168. The van der Waals surface area contributed by atoms with E-state index < -0.39 is 42.2 Å². The molecule has 0 spiro atoms. The summed E-state index contributed by atoms with van der Waals surface area (Å²) >= 11 is 0. The van der Waals surface area contributed by atoms with E-state index in [0.717, 1.165) is 19.3 Å². The van der Waals surface area contributed by atoms with Gasteiger partial charge in [-0.2, -0.15) is 0 Å². The molecule has 0 radical (unpaired) electrons. The maximum Gasteiger partial charge on any atom is 0.322 e. The molecule has 1 aromatic carbocycles. The Morgan fingerprint density at radius 1 is 1.02 bits per heavy atom. The third-order valence-corrected chi connectivity index (χ3v) is 6.29. The number of benzene rings is 1. The summed E-state index contributed by atoms with van der Waals surface area (Å²) in [4.78, 5) is 59.9. The van der Waals surface area contributed by atoms with Gasteiger partial charge in [0.25, 0.3) is 11.8 Å². The van der Waals surface area contributed by atoms with Crippen LogP contribution >= 0.6 is 0 Å². The number of hydrogen-bond donors (Lipinski definition) is 5. The predicted octanol–water partition coefficient (Wildman–Crippen LogP) is 2.79. The third-order valence-electron chi connectivity index (χ3n) is 6.29. The van der Waals surface area contributed by atoms with Crippen molar-refractivity contribution in [1.82, 2.24) is 21.0 Å². The highest BCUT2D eigenvalue weighted by Crippen LogP contribution is 2.28. The summed E-state index contributed by atoms with van der Waals surface area (Å²) in [5.74, 6) is -2.93. The Bertz CT molecular complexity index is 1200. The van der Waals surface area contributed by atoms with E-state index in [4.69, 9.17) is 14.3 Å². The maximum absolute atomic E-state index is 12.9. The largest absolute Gasteiger partial charge is 0.494 e. The fourth-order valence-corrected chi connectivity index (χ4v) is 4.27. The van der Waals surface area contributed by atoms with Crippen molar-refractivity contribution in [2.75, 3.05) is 19.8 Å². The molecule has 41 heavy (non-hydrogen) atoms. The predicted molar refractivity (Wildman–Crippen MR) is 147 cm³/mol. The van der Waals surface area contributed by atoms with Gasteiger partial charge in [0, 0.05) is 11.1 Å². The molecule has 2 rings (SSSR count). The first-order chi connectivity index (χ1) is 19.6. The second-order valence-electron chi connectivity index (χ2n) is 9.21. The quantitative estimate of drug-likeness (QED) is 0.0586. The molecule has 13 heteroatoms. The van der Waals surface area contributed by atoms with Crippen LogP contribution < -0.4 is 20.7 Å². The molecule has 224 valence electrons. The molecule has 1 heterocycles. The summed E-state index contributed by atoms with van der Waals surface area (Å²) in [6.45, 7) is 5.12. The fraction of sp³-hybridized carbons (Fsp3) is 0.464. The number of nitrogens with zero attached hydrogens (tertiary/aromatic N) is 1. The first-order valence-corrected chi connectivity index (χ1v) is 13.5. The standard InChI is InChI=1S/C28H38N4O9/c1-4-7-8-9-21(22(5-2)32(39)17-33)27(37)30-16-31-28(38)24-11-10-23(41-24)18-12-19(14-20(13-18)40-6-3)26(36)29-15-25(34)35/h10-14,17,21-22,39H,4-9,15-16H2,1-3H3,(H,29,36)(H,30,37)(H,31,38)(H,34,35)/t21-,22-/m1/s1. The van der Waals surface area contributed by atoms with E-state index in [1.54, 1.807) is 19.9 Å². The van der Waals surface area contributed by atoms with Gasteiger partial charge in [-0.1, -0.05) is 33.1 Å². The van der Waals surface area contributed by atoms with E-state index in [1.807, 2.05) is 6.92 Å². The molecule has 13 nitrogen and oxygen atoms in total. The molecule has 0 aliphatic carbocycles. The van der Waals surface area contributed by atoms with Gasteiger partial charge in [0.1, 0.15) is 18.1 Å². The van der Waals surface area contributed by atoms with Crippen molar-refractivity contribution in [3.05, 3.63) is 41.7 Å². The number of furan rings is 1. The summed E-state index contributed by atoms with van der Waals surface area (Å²) in [5, 5.41) is 26.8. The van der Waals surface area contributed by atoms with Crippen molar-refractivity contribution in [3.8, 4) is 17.1 Å². The number of unbranched alkanes of at least 4 members (excludes halogenated alkanes) is 2. The van der Waals surface area contributed by atoms with Gasteiger partial charge in [0.05, 0.1) is 25.2 Å². The lowest BCUT2D eigenvalue weighted by atomic mass is 9.90. The number of nitrogens with one attached hydrogen (secondary N) is 3. The highest BCUT2D eigenvalue weighted by molar-refractivity contribution is 5.97. The van der Waals surface area contributed by atoms with E-state index in [2.05, 4.69) is 16.0 Å². The first-order valence-electron chi connectivity index (χ1n) is 13.5. The molecule has 0 saturated heterocycles. The van der Waals surface area contributed by atoms with Crippen molar-refractivity contribution in [2.24, 2.45) is 5.92 Å². The normalized spacial score (nSPS) is 12.1. The van der Waals surface area contributed by atoms with Gasteiger partial charge in [-0.3, -0.25) is 29.2 Å². The third kappa shape index (κ3) is 9.94. The molecule has 2 atom stereocenters. The average molecular weight is 575 g/mol. The van der Waals surface area contributed by atoms with Gasteiger partial charge in [-0.15, -0.1) is 0 Å². The van der Waals surface area contributed by atoms with Crippen LogP contribution in [0.2, 0.25) is 0 Å². The molecule has 5 N–H and O–H groups in total. The Morgan fingerprint density at radius 3 is 2.41 bits per heavy atom. The Balaban J connectivity index is 2.10. The lowest BCUT2D eigenvalue weighted by Gasteiger charge is -2.29. The summed E-state index contributed by atoms with van der Waals surface area (Å²) in [6, 6.07) is 6.82. The van der Waals surface area contributed by atoms with E-state index in [-0.39, 0.29) is 30.2 Å². The summed E-state index contributed by atoms with van der Waals surface area (Å²) in [5.41, 5.74) is 0.570. The Morgan fingerprint density at radius 2 is 1.78 bits per heavy atom. The van der Waals surface area contributed by atoms with Crippen LogP contribution in [-0.4, -0.2) is 71.3 Å². The Hall–Kier alpha value is -4.39. The second-order valence-corrected chi connectivity index (χ2v) is 9.21. The maximum atomic E-state index is 12.9. The smallest absolute Gasteiger partial charge is 0.322 e. The molecule has 0 unspecified atom stereocenters. The van der Waals surface area contributed by atoms with Crippen LogP contribution in [0.1, 0.15) is 73.8 Å². The minimum Gasteiger partial charge on any atom is -0.494 e. The zero-order valence-corrected chi connectivity index (χ0v) is 23.5. The molecule has 1 aromatic heterocycles. The molecule has 0 aliphatic rings. The van der Waals surface area contributed by atoms with Gasteiger partial charge < -0.3 is 30.2 Å². The number of hydroxylamine groups is 2. The monoisotopic (exact) mass is 574 g/mol. The van der Waals surface area contributed by atoms with E-state index in [1.165, 1.54) is 24.3 Å². The number of rotatable bonds is 18. The fourth-order valence-electron chi connectivity index (χ4n) is 4.27. The summed E-state index contributed by atoms with van der Waals surface area (Å²) in [7, 11) is 0. The summed E-state index contributed by atoms with van der Waals surface area (Å²) < 4.78 is 11.2. The van der Waals surface area contributed by atoms with Crippen molar-refractivity contribution in [3.63, 3.8) is 0 Å². The van der Waals surface area contributed by atoms with Crippen molar-refractivity contribution in [2.45, 2.75) is 58.9 Å². The average Bonchev–Trinajstić information content (AvgIpc) is 3.46. The molecule has 0 aliphatic heterocycles. The number of ether oxygens (including phenoxy) is 1. The van der Waals surface area contributed by atoms with Crippen molar-refractivity contribution < 1.29 is 43.4 Å². The summed E-state index contributed by atoms with van der Waals surface area (Å²) in [6.07, 6.45) is 3.70. The van der Waals surface area contributed by atoms with Crippen molar-refractivity contribution >= 4 is 30.1 Å². The second kappa shape index (κ2) is 16.7. The lowest BCUT2D eigenvalue weighted by Crippen LogP contribution is -2.47. The number of hydrogen-bond acceptors (Lipinski definition) is 8. The number of carboxylic acid groups (broad SMARTS) is 1. The van der Waals surface area contributed by atoms with Crippen LogP contribution in [-0.2, 0) is 14.4 Å². The number of amides is 4. The van der Waals surface area contributed by atoms with Gasteiger partial charge >= 0.3 is 5.97 Å². The Kier molecular flexibility index (Phi) is 13.3. The zero-order chi connectivity index (χ0) is 30.4. The minimum absolute atomic E-state index is 0.0543. The van der Waals surface area contributed by atoms with Crippen LogP contribution in [0, 0.1) is 5.92 Å². The number of carbonyl (C=O) groups excluding carboxylic acids is 4. The SMILES string of the molecule is CCCCC[C@@H](C(=O)NCNC(=O)c1ccc(-c2cc(OCC)cc(C(=O)NCC(=O)O)c2)o1)[C@@H](CC)N(O)C=O. The molecule has 0 bridgehead atoms. The van der Waals surface area contributed by atoms with Crippen LogP contribution in [0.25, 0.3) is 11.3 Å². The van der Waals surface area contributed by atoms with Crippen molar-refractivity contribution in [1.29, 1.82) is 0 Å². The van der Waals surface area contributed by atoms with E-state index in [9.17, 15) is 29.2 Å². The van der Waals surface area contributed by atoms with Gasteiger partial charge in [0.2, 0.25) is 12.3 Å². The molecular weight excluding hydrogens is 536 g/mol. The topological polar surface area (TPSA) is 188 Å².